The lowest BCUT2D eigenvalue weighted by molar-refractivity contribution is -0.167. The van der Waals surface area contributed by atoms with Crippen LogP contribution in [0.2, 0.25) is 0 Å². The van der Waals surface area contributed by atoms with E-state index in [9.17, 15) is 18.0 Å². The minimum absolute atomic E-state index is 0.335. The summed E-state index contributed by atoms with van der Waals surface area (Å²) in [6, 6.07) is -0.335. The average Bonchev–Trinajstić information content (AvgIpc) is 2.14. The minimum atomic E-state index is -4.33. The van der Waals surface area contributed by atoms with Crippen molar-refractivity contribution in [3.05, 3.63) is 0 Å². The van der Waals surface area contributed by atoms with E-state index in [-0.39, 0.29) is 6.04 Å². The van der Waals surface area contributed by atoms with Crippen LogP contribution in [0.15, 0.2) is 0 Å². The summed E-state index contributed by atoms with van der Waals surface area (Å²) in [5, 5.41) is 0. The van der Waals surface area contributed by atoms with Gasteiger partial charge in [-0.25, -0.2) is 0 Å². The van der Waals surface area contributed by atoms with Crippen LogP contribution in [0.1, 0.15) is 19.8 Å². The van der Waals surface area contributed by atoms with E-state index in [2.05, 4.69) is 0 Å². The zero-order chi connectivity index (χ0) is 11.5. The van der Waals surface area contributed by atoms with E-state index in [1.165, 1.54) is 6.92 Å². The normalized spacial score (nSPS) is 18.9. The van der Waals surface area contributed by atoms with Crippen LogP contribution >= 0.6 is 0 Å². The summed E-state index contributed by atoms with van der Waals surface area (Å²) in [5.41, 5.74) is 0. The summed E-state index contributed by atoms with van der Waals surface area (Å²) in [7, 11) is 0. The molecule has 0 spiro atoms. The Kier molecular flexibility index (Phi) is 3.96. The Morgan fingerprint density at radius 3 is 2.33 bits per heavy atom. The molecule has 1 rings (SSSR count). The summed E-state index contributed by atoms with van der Waals surface area (Å²) in [5.74, 6) is -0.528. The van der Waals surface area contributed by atoms with Crippen LogP contribution in [0.5, 0.6) is 0 Å². The van der Waals surface area contributed by atoms with Gasteiger partial charge in [-0.3, -0.25) is 4.79 Å². The lowest BCUT2D eigenvalue weighted by Crippen LogP contribution is -2.46. The molecule has 15 heavy (non-hydrogen) atoms. The topological polar surface area (TPSA) is 29.5 Å². The number of carbonyl (C=O) groups is 1. The first kappa shape index (κ1) is 12.3. The van der Waals surface area contributed by atoms with Gasteiger partial charge in [0.2, 0.25) is 5.91 Å². The van der Waals surface area contributed by atoms with Crippen LogP contribution in [0.4, 0.5) is 13.2 Å². The van der Waals surface area contributed by atoms with E-state index in [0.29, 0.717) is 26.1 Å². The van der Waals surface area contributed by atoms with E-state index < -0.39 is 18.6 Å². The number of ether oxygens (including phenoxy) is 1. The van der Waals surface area contributed by atoms with E-state index >= 15 is 0 Å². The summed E-state index contributed by atoms with van der Waals surface area (Å²) in [6.07, 6.45) is -3.37. The average molecular weight is 225 g/mol. The molecule has 1 saturated heterocycles. The molecular formula is C9H14F3NO2. The predicted octanol–water partition coefficient (Wildman–Crippen LogP) is 1.58. The molecule has 0 aromatic heterocycles. The van der Waals surface area contributed by atoms with Crippen LogP contribution in [0.3, 0.4) is 0 Å². The summed E-state index contributed by atoms with van der Waals surface area (Å²) in [4.78, 5) is 12.0. The molecular weight excluding hydrogens is 211 g/mol. The van der Waals surface area contributed by atoms with Crippen LogP contribution in [-0.4, -0.2) is 42.8 Å². The zero-order valence-electron chi connectivity index (χ0n) is 8.51. The first-order chi connectivity index (χ1) is 6.90. The largest absolute Gasteiger partial charge is 0.406 e. The van der Waals surface area contributed by atoms with Gasteiger partial charge in [0.1, 0.15) is 6.54 Å². The third kappa shape index (κ3) is 4.07. The molecule has 1 aliphatic heterocycles. The van der Waals surface area contributed by atoms with Crippen LogP contribution < -0.4 is 0 Å². The molecule has 1 heterocycles. The highest BCUT2D eigenvalue weighted by Crippen LogP contribution is 2.22. The maximum absolute atomic E-state index is 12.2. The Morgan fingerprint density at radius 2 is 1.93 bits per heavy atom. The van der Waals surface area contributed by atoms with Crippen molar-refractivity contribution in [2.75, 3.05) is 19.8 Å². The molecule has 0 bridgehead atoms. The van der Waals surface area contributed by atoms with Crippen molar-refractivity contribution < 1.29 is 22.7 Å². The van der Waals surface area contributed by atoms with Gasteiger partial charge in [-0.2, -0.15) is 13.2 Å². The zero-order valence-corrected chi connectivity index (χ0v) is 8.51. The number of alkyl halides is 3. The molecule has 88 valence electrons. The number of rotatable bonds is 2. The first-order valence-corrected chi connectivity index (χ1v) is 4.82. The predicted molar refractivity (Wildman–Crippen MR) is 47.3 cm³/mol. The van der Waals surface area contributed by atoms with Gasteiger partial charge in [-0.05, 0) is 12.8 Å². The maximum atomic E-state index is 12.2. The highest BCUT2D eigenvalue weighted by Gasteiger charge is 2.35. The smallest absolute Gasteiger partial charge is 0.381 e. The third-order valence-corrected chi connectivity index (χ3v) is 2.39. The van der Waals surface area contributed by atoms with E-state index in [4.69, 9.17) is 4.74 Å². The maximum Gasteiger partial charge on any atom is 0.406 e. The van der Waals surface area contributed by atoms with Gasteiger partial charge in [0.25, 0.3) is 0 Å². The second-order valence-electron chi connectivity index (χ2n) is 3.61. The Labute approximate surface area is 86.2 Å². The van der Waals surface area contributed by atoms with Crippen LogP contribution in [0, 0.1) is 0 Å². The van der Waals surface area contributed by atoms with Crippen molar-refractivity contribution in [3.8, 4) is 0 Å². The number of carbonyl (C=O) groups excluding carboxylic acids is 1. The standard InChI is InChI=1S/C9H14F3NO2/c1-7(14)13(6-9(10,11)12)8-2-4-15-5-3-8/h8H,2-6H2,1H3. The molecule has 6 heteroatoms. The fourth-order valence-corrected chi connectivity index (χ4v) is 1.69. The van der Waals surface area contributed by atoms with Gasteiger partial charge in [-0.1, -0.05) is 0 Å². The number of hydrogen-bond donors (Lipinski definition) is 0. The molecule has 1 fully saturated rings. The molecule has 0 radical (unpaired) electrons. The Hall–Kier alpha value is -0.780. The van der Waals surface area contributed by atoms with E-state index in [1.54, 1.807) is 0 Å². The van der Waals surface area contributed by atoms with Crippen LogP contribution in [-0.2, 0) is 9.53 Å². The molecule has 3 nitrogen and oxygen atoms in total. The lowest BCUT2D eigenvalue weighted by atomic mass is 10.1. The number of halogens is 3. The number of amides is 1. The van der Waals surface area contributed by atoms with Crippen molar-refractivity contribution in [3.63, 3.8) is 0 Å². The Balaban J connectivity index is 2.60. The Bertz CT molecular complexity index is 224. The second kappa shape index (κ2) is 4.83. The molecule has 1 amide bonds. The van der Waals surface area contributed by atoms with Gasteiger partial charge >= 0.3 is 6.18 Å². The van der Waals surface area contributed by atoms with Crippen LogP contribution in [0.25, 0.3) is 0 Å². The molecule has 0 atom stereocenters. The molecule has 1 aliphatic rings. The van der Waals surface area contributed by atoms with Crippen molar-refractivity contribution in [1.29, 1.82) is 0 Å². The molecule has 0 N–H and O–H groups in total. The molecule has 0 aromatic carbocycles. The highest BCUT2D eigenvalue weighted by atomic mass is 19.4. The van der Waals surface area contributed by atoms with Gasteiger partial charge < -0.3 is 9.64 Å². The summed E-state index contributed by atoms with van der Waals surface area (Å²) in [6.45, 7) is 0.854. The molecule has 0 aliphatic carbocycles. The van der Waals surface area contributed by atoms with Crippen molar-refractivity contribution >= 4 is 5.91 Å². The summed E-state index contributed by atoms with van der Waals surface area (Å²) < 4.78 is 41.6. The summed E-state index contributed by atoms with van der Waals surface area (Å²) >= 11 is 0. The molecule has 0 saturated carbocycles. The van der Waals surface area contributed by atoms with E-state index in [1.807, 2.05) is 0 Å². The number of nitrogens with zero attached hydrogens (tertiary/aromatic N) is 1. The fourth-order valence-electron chi connectivity index (χ4n) is 1.69. The van der Waals surface area contributed by atoms with Gasteiger partial charge in [0.05, 0.1) is 0 Å². The van der Waals surface area contributed by atoms with Crippen molar-refractivity contribution in [2.24, 2.45) is 0 Å². The Morgan fingerprint density at radius 1 is 1.40 bits per heavy atom. The van der Waals surface area contributed by atoms with Gasteiger partial charge in [0, 0.05) is 26.2 Å². The van der Waals surface area contributed by atoms with Crippen molar-refractivity contribution in [2.45, 2.75) is 32.0 Å². The van der Waals surface area contributed by atoms with Crippen molar-refractivity contribution in [1.82, 2.24) is 4.90 Å². The SMILES string of the molecule is CC(=O)N(CC(F)(F)F)C1CCOCC1. The highest BCUT2D eigenvalue weighted by molar-refractivity contribution is 5.73. The first-order valence-electron chi connectivity index (χ1n) is 4.82. The van der Waals surface area contributed by atoms with Gasteiger partial charge in [-0.15, -0.1) is 0 Å². The monoisotopic (exact) mass is 225 g/mol. The quantitative estimate of drug-likeness (QED) is 0.714. The number of hydrogen-bond acceptors (Lipinski definition) is 2. The minimum Gasteiger partial charge on any atom is -0.381 e. The lowest BCUT2D eigenvalue weighted by Gasteiger charge is -2.34. The molecule has 0 aromatic rings. The third-order valence-electron chi connectivity index (χ3n) is 2.39. The molecule has 0 unspecified atom stereocenters. The van der Waals surface area contributed by atoms with Gasteiger partial charge in [0.15, 0.2) is 0 Å². The second-order valence-corrected chi connectivity index (χ2v) is 3.61. The van der Waals surface area contributed by atoms with E-state index in [0.717, 1.165) is 4.90 Å². The fraction of sp³-hybridized carbons (Fsp3) is 0.889.